The molecule has 5 heteroatoms. The van der Waals surface area contributed by atoms with E-state index in [4.69, 9.17) is 4.74 Å². The Morgan fingerprint density at radius 3 is 2.67 bits per heavy atom. The van der Waals surface area contributed by atoms with Crippen LogP contribution >= 0.6 is 0 Å². The maximum absolute atomic E-state index is 12.5. The van der Waals surface area contributed by atoms with E-state index in [9.17, 15) is 4.79 Å². The fourth-order valence-electron chi connectivity index (χ4n) is 3.97. The minimum atomic E-state index is -0.0207. The second-order valence-corrected chi connectivity index (χ2v) is 6.98. The Hall–Kier alpha value is -2.14. The van der Waals surface area contributed by atoms with Gasteiger partial charge in [-0.05, 0) is 43.0 Å². The first-order valence-electron chi connectivity index (χ1n) is 8.79. The zero-order valence-corrected chi connectivity index (χ0v) is 13.8. The van der Waals surface area contributed by atoms with E-state index < -0.39 is 0 Å². The smallest absolute Gasteiger partial charge is 0.251 e. The van der Waals surface area contributed by atoms with Crippen molar-refractivity contribution in [1.29, 1.82) is 0 Å². The Labute approximate surface area is 141 Å². The van der Waals surface area contributed by atoms with Crippen LogP contribution in [0.25, 0.3) is 11.3 Å². The SMILES string of the molecule is O=C(N[C@@H]1COC2(CCCCC2)C1)c1ccc(-c2ccn[nH]2)cc1. The number of benzene rings is 1. The van der Waals surface area contributed by atoms with E-state index in [2.05, 4.69) is 15.5 Å². The molecule has 1 atom stereocenters. The number of hydrogen-bond donors (Lipinski definition) is 2. The molecule has 126 valence electrons. The number of aromatic amines is 1. The summed E-state index contributed by atoms with van der Waals surface area (Å²) < 4.78 is 6.07. The predicted molar refractivity (Wildman–Crippen MR) is 91.7 cm³/mol. The van der Waals surface area contributed by atoms with Crippen LogP contribution in [0.15, 0.2) is 36.5 Å². The number of H-pyrrole nitrogens is 1. The lowest BCUT2D eigenvalue weighted by atomic mass is 9.82. The van der Waals surface area contributed by atoms with Crippen LogP contribution in [0.5, 0.6) is 0 Å². The van der Waals surface area contributed by atoms with Gasteiger partial charge in [-0.2, -0.15) is 5.10 Å². The number of amides is 1. The molecule has 2 N–H and O–H groups in total. The van der Waals surface area contributed by atoms with Gasteiger partial charge in [0.1, 0.15) is 0 Å². The Bertz CT molecular complexity index is 688. The monoisotopic (exact) mass is 325 g/mol. The van der Waals surface area contributed by atoms with Gasteiger partial charge in [0, 0.05) is 11.8 Å². The summed E-state index contributed by atoms with van der Waals surface area (Å²) in [6.45, 7) is 0.637. The fourth-order valence-corrected chi connectivity index (χ4v) is 3.97. The maximum Gasteiger partial charge on any atom is 0.251 e. The van der Waals surface area contributed by atoms with E-state index in [1.807, 2.05) is 30.3 Å². The summed E-state index contributed by atoms with van der Waals surface area (Å²) in [5.74, 6) is -0.0207. The quantitative estimate of drug-likeness (QED) is 0.910. The molecule has 4 rings (SSSR count). The molecule has 24 heavy (non-hydrogen) atoms. The molecule has 1 saturated carbocycles. The maximum atomic E-state index is 12.5. The number of ether oxygens (including phenoxy) is 1. The van der Waals surface area contributed by atoms with Crippen molar-refractivity contribution in [1.82, 2.24) is 15.5 Å². The highest BCUT2D eigenvalue weighted by molar-refractivity contribution is 5.94. The van der Waals surface area contributed by atoms with Crippen molar-refractivity contribution < 1.29 is 9.53 Å². The molecule has 2 heterocycles. The highest BCUT2D eigenvalue weighted by Gasteiger charge is 2.41. The van der Waals surface area contributed by atoms with E-state index in [-0.39, 0.29) is 17.6 Å². The first-order valence-corrected chi connectivity index (χ1v) is 8.79. The van der Waals surface area contributed by atoms with Gasteiger partial charge >= 0.3 is 0 Å². The lowest BCUT2D eigenvalue weighted by Crippen LogP contribution is -2.37. The first-order chi connectivity index (χ1) is 11.7. The number of carbonyl (C=O) groups is 1. The van der Waals surface area contributed by atoms with E-state index in [1.54, 1.807) is 6.20 Å². The highest BCUT2D eigenvalue weighted by atomic mass is 16.5. The van der Waals surface area contributed by atoms with Crippen molar-refractivity contribution in [2.24, 2.45) is 0 Å². The minimum Gasteiger partial charge on any atom is -0.373 e. The predicted octanol–water partition coefficient (Wildman–Crippen LogP) is 3.30. The Balaban J connectivity index is 1.38. The molecule has 2 aromatic rings. The molecule has 1 aromatic heterocycles. The third-order valence-electron chi connectivity index (χ3n) is 5.27. The summed E-state index contributed by atoms with van der Waals surface area (Å²) >= 11 is 0. The van der Waals surface area contributed by atoms with Crippen LogP contribution in [-0.4, -0.2) is 34.4 Å². The number of nitrogens with one attached hydrogen (secondary N) is 2. The van der Waals surface area contributed by atoms with Crippen LogP contribution in [0.1, 0.15) is 48.9 Å². The zero-order chi connectivity index (χ0) is 16.4. The number of hydrogen-bond acceptors (Lipinski definition) is 3. The third-order valence-corrected chi connectivity index (χ3v) is 5.27. The summed E-state index contributed by atoms with van der Waals surface area (Å²) in [4.78, 5) is 12.5. The first kappa shape index (κ1) is 15.4. The van der Waals surface area contributed by atoms with Crippen LogP contribution in [0.4, 0.5) is 0 Å². The minimum absolute atomic E-state index is 0.0207. The van der Waals surface area contributed by atoms with Gasteiger partial charge < -0.3 is 10.1 Å². The lowest BCUT2D eigenvalue weighted by molar-refractivity contribution is -0.0246. The number of nitrogens with zero attached hydrogens (tertiary/aromatic N) is 1. The Morgan fingerprint density at radius 1 is 1.17 bits per heavy atom. The van der Waals surface area contributed by atoms with Gasteiger partial charge in [-0.3, -0.25) is 9.89 Å². The normalized spacial score (nSPS) is 22.6. The molecule has 1 spiro atoms. The van der Waals surface area contributed by atoms with E-state index in [1.165, 1.54) is 19.3 Å². The molecule has 2 aliphatic rings. The summed E-state index contributed by atoms with van der Waals surface area (Å²) in [5.41, 5.74) is 2.68. The van der Waals surface area contributed by atoms with Crippen molar-refractivity contribution in [3.8, 4) is 11.3 Å². The van der Waals surface area contributed by atoms with Crippen molar-refractivity contribution in [2.75, 3.05) is 6.61 Å². The molecule has 0 radical (unpaired) electrons. The third kappa shape index (κ3) is 3.08. The van der Waals surface area contributed by atoms with Gasteiger partial charge in [-0.25, -0.2) is 0 Å². The molecule has 5 nitrogen and oxygen atoms in total. The molecule has 2 fully saturated rings. The largest absolute Gasteiger partial charge is 0.373 e. The average molecular weight is 325 g/mol. The molecule has 1 aliphatic carbocycles. The van der Waals surface area contributed by atoms with Gasteiger partial charge in [0.15, 0.2) is 0 Å². The topological polar surface area (TPSA) is 67.0 Å². The zero-order valence-electron chi connectivity index (χ0n) is 13.8. The van der Waals surface area contributed by atoms with Crippen molar-refractivity contribution in [2.45, 2.75) is 50.2 Å². The summed E-state index contributed by atoms with van der Waals surface area (Å²) in [5, 5.41) is 10.0. The molecular formula is C19H23N3O2. The molecule has 1 saturated heterocycles. The van der Waals surface area contributed by atoms with Gasteiger partial charge in [-0.1, -0.05) is 31.4 Å². The van der Waals surface area contributed by atoms with Crippen molar-refractivity contribution >= 4 is 5.91 Å². The van der Waals surface area contributed by atoms with Crippen LogP contribution in [0, 0.1) is 0 Å². The van der Waals surface area contributed by atoms with Gasteiger partial charge in [-0.15, -0.1) is 0 Å². The van der Waals surface area contributed by atoms with Crippen LogP contribution in [-0.2, 0) is 4.74 Å². The van der Waals surface area contributed by atoms with E-state index >= 15 is 0 Å². The Morgan fingerprint density at radius 2 is 1.96 bits per heavy atom. The molecule has 0 unspecified atom stereocenters. The van der Waals surface area contributed by atoms with Gasteiger partial charge in [0.05, 0.1) is 23.9 Å². The molecule has 1 amide bonds. The lowest BCUT2D eigenvalue weighted by Gasteiger charge is -2.32. The second-order valence-electron chi connectivity index (χ2n) is 6.98. The van der Waals surface area contributed by atoms with E-state index in [0.717, 1.165) is 30.5 Å². The summed E-state index contributed by atoms with van der Waals surface area (Å²) in [7, 11) is 0. The van der Waals surface area contributed by atoms with Crippen molar-refractivity contribution in [3.05, 3.63) is 42.1 Å². The molecule has 1 aromatic carbocycles. The molecule has 1 aliphatic heterocycles. The standard InChI is InChI=1S/C19H23N3O2/c23-18(15-6-4-14(5-7-15)17-8-11-20-22-17)21-16-12-19(24-13-16)9-2-1-3-10-19/h4-8,11,16H,1-3,9-10,12-13H2,(H,20,22)(H,21,23)/t16-/m0/s1. The van der Waals surface area contributed by atoms with Gasteiger partial charge in [0.25, 0.3) is 5.91 Å². The highest BCUT2D eigenvalue weighted by Crippen LogP contribution is 2.39. The van der Waals surface area contributed by atoms with E-state index in [0.29, 0.717) is 12.2 Å². The van der Waals surface area contributed by atoms with Crippen molar-refractivity contribution in [3.63, 3.8) is 0 Å². The molecular weight excluding hydrogens is 302 g/mol. The summed E-state index contributed by atoms with van der Waals surface area (Å²) in [6.07, 6.45) is 8.74. The van der Waals surface area contributed by atoms with Crippen LogP contribution in [0.2, 0.25) is 0 Å². The number of rotatable bonds is 3. The van der Waals surface area contributed by atoms with Gasteiger partial charge in [0.2, 0.25) is 0 Å². The average Bonchev–Trinajstić information content (AvgIpc) is 3.27. The Kier molecular flexibility index (Phi) is 4.10. The number of aromatic nitrogens is 2. The number of carbonyl (C=O) groups excluding carboxylic acids is 1. The van der Waals surface area contributed by atoms with Crippen LogP contribution < -0.4 is 5.32 Å². The fraction of sp³-hybridized carbons (Fsp3) is 0.474. The summed E-state index contributed by atoms with van der Waals surface area (Å²) in [6, 6.07) is 9.64. The molecule has 0 bridgehead atoms. The second kappa shape index (κ2) is 6.40. The van der Waals surface area contributed by atoms with Crippen LogP contribution in [0.3, 0.4) is 0 Å².